The number of anilines is 3. The summed E-state index contributed by atoms with van der Waals surface area (Å²) in [5.74, 6) is -0.208. The molecular weight excluding hydrogens is 464 g/mol. The van der Waals surface area contributed by atoms with Gasteiger partial charge in [0.2, 0.25) is 11.8 Å². The van der Waals surface area contributed by atoms with E-state index in [1.54, 1.807) is 6.92 Å². The van der Waals surface area contributed by atoms with Gasteiger partial charge in [-0.05, 0) is 92.4 Å². The van der Waals surface area contributed by atoms with Gasteiger partial charge in [-0.3, -0.25) is 14.4 Å². The van der Waals surface area contributed by atoms with Gasteiger partial charge >= 0.3 is 0 Å². The first-order valence-electron chi connectivity index (χ1n) is 12.6. The number of carbonyl (C=O) groups excluding carboxylic acids is 3. The van der Waals surface area contributed by atoms with Gasteiger partial charge in [-0.25, -0.2) is 0 Å². The van der Waals surface area contributed by atoms with Crippen molar-refractivity contribution in [2.24, 2.45) is 0 Å². The lowest BCUT2D eigenvalue weighted by Gasteiger charge is -2.39. The number of benzene rings is 3. The van der Waals surface area contributed by atoms with Gasteiger partial charge in [-0.15, -0.1) is 0 Å². The Labute approximate surface area is 218 Å². The number of amides is 3. The molecule has 0 saturated heterocycles. The summed E-state index contributed by atoms with van der Waals surface area (Å²) < 4.78 is 0. The molecule has 3 N–H and O–H groups in total. The Morgan fingerprint density at radius 1 is 0.892 bits per heavy atom. The molecule has 37 heavy (non-hydrogen) atoms. The van der Waals surface area contributed by atoms with Crippen LogP contribution in [0, 0.1) is 0 Å². The van der Waals surface area contributed by atoms with Gasteiger partial charge in [0.15, 0.2) is 0 Å². The van der Waals surface area contributed by atoms with Gasteiger partial charge < -0.3 is 20.9 Å². The van der Waals surface area contributed by atoms with E-state index in [-0.39, 0.29) is 35.8 Å². The van der Waals surface area contributed by atoms with Crippen LogP contribution >= 0.6 is 0 Å². The Balaban J connectivity index is 1.67. The van der Waals surface area contributed by atoms with Crippen LogP contribution in [0.1, 0.15) is 63.0 Å². The predicted molar refractivity (Wildman–Crippen MR) is 149 cm³/mol. The van der Waals surface area contributed by atoms with E-state index in [1.165, 1.54) is 6.92 Å². The molecule has 1 aliphatic rings. The summed E-state index contributed by atoms with van der Waals surface area (Å²) in [6.45, 7) is 9.01. The second-order valence-corrected chi connectivity index (χ2v) is 9.91. The molecule has 192 valence electrons. The number of hydrogen-bond donors (Lipinski definition) is 3. The molecule has 3 aromatic rings. The van der Waals surface area contributed by atoms with Crippen LogP contribution in [0.3, 0.4) is 0 Å². The molecule has 3 aromatic carbocycles. The molecule has 1 heterocycles. The minimum atomic E-state index is -0.120. The summed E-state index contributed by atoms with van der Waals surface area (Å²) in [5.41, 5.74) is 6.13. The fourth-order valence-corrected chi connectivity index (χ4v) is 4.90. The number of hydrogen-bond acceptors (Lipinski definition) is 4. The predicted octanol–water partition coefficient (Wildman–Crippen LogP) is 5.75. The Morgan fingerprint density at radius 2 is 1.59 bits per heavy atom. The highest BCUT2D eigenvalue weighted by Gasteiger charge is 2.32. The van der Waals surface area contributed by atoms with Gasteiger partial charge in [-0.1, -0.05) is 18.2 Å². The third-order valence-corrected chi connectivity index (χ3v) is 6.44. The number of nitrogens with zero attached hydrogens (tertiary/aromatic N) is 1. The summed E-state index contributed by atoms with van der Waals surface area (Å²) in [6.07, 6.45) is 0.734. The lowest BCUT2D eigenvalue weighted by Crippen LogP contribution is -2.43. The van der Waals surface area contributed by atoms with Crippen molar-refractivity contribution in [1.82, 2.24) is 5.32 Å². The quantitative estimate of drug-likeness (QED) is 0.404. The number of nitrogens with one attached hydrogen (secondary N) is 3. The summed E-state index contributed by atoms with van der Waals surface area (Å²) in [4.78, 5) is 38.2. The van der Waals surface area contributed by atoms with Crippen molar-refractivity contribution >= 4 is 34.8 Å². The third-order valence-electron chi connectivity index (χ3n) is 6.44. The van der Waals surface area contributed by atoms with Crippen molar-refractivity contribution in [2.75, 3.05) is 15.5 Å². The monoisotopic (exact) mass is 498 g/mol. The van der Waals surface area contributed by atoms with Crippen molar-refractivity contribution in [3.05, 3.63) is 77.9 Å². The maximum Gasteiger partial charge on any atom is 0.251 e. The Bertz CT molecular complexity index is 1320. The zero-order chi connectivity index (χ0) is 26.7. The molecule has 0 unspecified atom stereocenters. The van der Waals surface area contributed by atoms with Crippen LogP contribution in [0.25, 0.3) is 11.1 Å². The fourth-order valence-electron chi connectivity index (χ4n) is 4.90. The van der Waals surface area contributed by atoms with E-state index in [1.807, 2.05) is 79.4 Å². The van der Waals surface area contributed by atoms with Gasteiger partial charge in [-0.2, -0.15) is 0 Å². The van der Waals surface area contributed by atoms with Crippen LogP contribution in [0.5, 0.6) is 0 Å². The minimum absolute atomic E-state index is 0.00752. The molecule has 2 atom stereocenters. The van der Waals surface area contributed by atoms with Crippen LogP contribution in [0.4, 0.5) is 17.1 Å². The van der Waals surface area contributed by atoms with E-state index in [4.69, 9.17) is 0 Å². The van der Waals surface area contributed by atoms with Gasteiger partial charge in [0.25, 0.3) is 5.91 Å². The van der Waals surface area contributed by atoms with Crippen molar-refractivity contribution in [2.45, 2.75) is 59.2 Å². The summed E-state index contributed by atoms with van der Waals surface area (Å²) >= 11 is 0. The molecule has 0 bridgehead atoms. The maximum absolute atomic E-state index is 12.5. The van der Waals surface area contributed by atoms with E-state index in [9.17, 15) is 14.4 Å². The number of rotatable bonds is 6. The summed E-state index contributed by atoms with van der Waals surface area (Å²) in [7, 11) is 0. The van der Waals surface area contributed by atoms with E-state index >= 15 is 0 Å². The zero-order valence-electron chi connectivity index (χ0n) is 22.0. The molecule has 1 aliphatic heterocycles. The highest BCUT2D eigenvalue weighted by Crippen LogP contribution is 2.41. The average molecular weight is 499 g/mol. The van der Waals surface area contributed by atoms with Crippen molar-refractivity contribution < 1.29 is 14.4 Å². The molecule has 0 radical (unpaired) electrons. The largest absolute Gasteiger partial charge is 0.378 e. The highest BCUT2D eigenvalue weighted by atomic mass is 16.2. The first-order valence-corrected chi connectivity index (χ1v) is 12.6. The Kier molecular flexibility index (Phi) is 7.62. The second kappa shape index (κ2) is 10.9. The first kappa shape index (κ1) is 25.9. The Morgan fingerprint density at radius 3 is 2.24 bits per heavy atom. The van der Waals surface area contributed by atoms with Gasteiger partial charge in [0.1, 0.15) is 0 Å². The molecule has 0 saturated carbocycles. The van der Waals surface area contributed by atoms with Crippen molar-refractivity contribution in [3.63, 3.8) is 0 Å². The topological polar surface area (TPSA) is 90.5 Å². The molecule has 3 amide bonds. The standard InChI is InChI=1S/C30H34N4O3/c1-18(2)31-30(37)22-9-12-25(13-10-22)33-28-15-19(3)34(21(5)36)29-14-11-24(17-27(28)29)23-7-6-8-26(16-23)32-20(4)35/h6-14,16-19,28,33H,15H2,1-5H3,(H,31,37)(H,32,35)/t19-,28+/m0/s1. The third kappa shape index (κ3) is 6.00. The number of fused-ring (bicyclic) bond motifs is 1. The zero-order valence-corrected chi connectivity index (χ0v) is 22.0. The average Bonchev–Trinajstić information content (AvgIpc) is 2.83. The van der Waals surface area contributed by atoms with Gasteiger partial charge in [0, 0.05) is 48.6 Å². The van der Waals surface area contributed by atoms with Crippen LogP contribution in [-0.4, -0.2) is 29.8 Å². The SMILES string of the molecule is CC(=O)Nc1cccc(-c2ccc3c(c2)[C@H](Nc2ccc(C(=O)NC(C)C)cc2)C[C@H](C)N3C(C)=O)c1. The molecule has 0 aromatic heterocycles. The molecule has 0 spiro atoms. The van der Waals surface area contributed by atoms with Crippen LogP contribution < -0.4 is 20.9 Å². The van der Waals surface area contributed by atoms with E-state index in [0.29, 0.717) is 5.56 Å². The highest BCUT2D eigenvalue weighted by molar-refractivity contribution is 5.95. The van der Waals surface area contributed by atoms with E-state index < -0.39 is 0 Å². The van der Waals surface area contributed by atoms with Crippen molar-refractivity contribution in [3.8, 4) is 11.1 Å². The molecule has 0 fully saturated rings. The fraction of sp³-hybridized carbons (Fsp3) is 0.300. The minimum Gasteiger partial charge on any atom is -0.378 e. The molecule has 7 heteroatoms. The van der Waals surface area contributed by atoms with Crippen LogP contribution in [0.2, 0.25) is 0 Å². The molecule has 7 nitrogen and oxygen atoms in total. The van der Waals surface area contributed by atoms with Crippen molar-refractivity contribution in [1.29, 1.82) is 0 Å². The van der Waals surface area contributed by atoms with Gasteiger partial charge in [0.05, 0.1) is 6.04 Å². The van der Waals surface area contributed by atoms with E-state index in [2.05, 4.69) is 28.9 Å². The molecule has 4 rings (SSSR count). The van der Waals surface area contributed by atoms with E-state index in [0.717, 1.165) is 40.2 Å². The normalized spacial score (nSPS) is 16.6. The summed E-state index contributed by atoms with van der Waals surface area (Å²) in [5, 5.41) is 9.37. The lowest BCUT2D eigenvalue weighted by atomic mass is 9.88. The second-order valence-electron chi connectivity index (χ2n) is 9.91. The van der Waals surface area contributed by atoms with Crippen LogP contribution in [0.15, 0.2) is 66.7 Å². The van der Waals surface area contributed by atoms with Crippen LogP contribution in [-0.2, 0) is 9.59 Å². The molecular formula is C30H34N4O3. The number of carbonyl (C=O) groups is 3. The lowest BCUT2D eigenvalue weighted by molar-refractivity contribution is -0.117. The first-order chi connectivity index (χ1) is 17.6. The molecule has 0 aliphatic carbocycles. The Hall–Kier alpha value is -4.13. The maximum atomic E-state index is 12.5. The summed E-state index contributed by atoms with van der Waals surface area (Å²) in [6, 6.07) is 21.4. The smallest absolute Gasteiger partial charge is 0.251 e.